The molecule has 1 N–H and O–H groups in total. The summed E-state index contributed by atoms with van der Waals surface area (Å²) in [6.45, 7) is 1.32. The second-order valence-corrected chi connectivity index (χ2v) is 8.64. The van der Waals surface area contributed by atoms with Crippen molar-refractivity contribution in [3.05, 3.63) is 107 Å². The Bertz CT molecular complexity index is 1470. The maximum absolute atomic E-state index is 12.9. The Morgan fingerprint density at radius 2 is 1.74 bits per heavy atom. The van der Waals surface area contributed by atoms with Crippen LogP contribution in [0.5, 0.6) is 0 Å². The molecule has 38 heavy (non-hydrogen) atoms. The first kappa shape index (κ1) is 26.7. The fourth-order valence-electron chi connectivity index (χ4n) is 3.50. The number of ether oxygens (including phenoxy) is 1. The molecular formula is C28H21ClF3N3O3. The second-order valence-electron chi connectivity index (χ2n) is 8.20. The highest BCUT2D eigenvalue weighted by Gasteiger charge is 2.30. The molecule has 1 unspecified atom stereocenters. The first-order chi connectivity index (χ1) is 18.1. The average Bonchev–Trinajstić information content (AvgIpc) is 3.32. The zero-order valence-corrected chi connectivity index (χ0v) is 20.7. The molecule has 0 aliphatic heterocycles. The van der Waals surface area contributed by atoms with E-state index in [1.54, 1.807) is 35.1 Å². The number of esters is 1. The Balaban J connectivity index is 1.48. The van der Waals surface area contributed by atoms with Gasteiger partial charge in [-0.05, 0) is 55.5 Å². The van der Waals surface area contributed by atoms with E-state index in [4.69, 9.17) is 16.3 Å². The zero-order chi connectivity index (χ0) is 27.3. The number of benzene rings is 3. The van der Waals surface area contributed by atoms with Crippen LogP contribution >= 0.6 is 11.6 Å². The number of halogens is 4. The summed E-state index contributed by atoms with van der Waals surface area (Å²) in [7, 11) is 0. The zero-order valence-electron chi connectivity index (χ0n) is 19.9. The topological polar surface area (TPSA) is 73.2 Å². The number of alkyl halides is 3. The van der Waals surface area contributed by atoms with Crippen LogP contribution in [0.4, 0.5) is 18.9 Å². The van der Waals surface area contributed by atoms with Crippen molar-refractivity contribution in [3.63, 3.8) is 0 Å². The lowest BCUT2D eigenvalue weighted by molar-refractivity contribution is -0.148. The van der Waals surface area contributed by atoms with Gasteiger partial charge in [0.15, 0.2) is 6.10 Å². The number of para-hydroxylation sites is 1. The Labute approximate surface area is 221 Å². The van der Waals surface area contributed by atoms with Gasteiger partial charge in [0.1, 0.15) is 0 Å². The molecule has 10 heteroatoms. The van der Waals surface area contributed by atoms with Gasteiger partial charge in [0, 0.05) is 34.1 Å². The molecule has 0 fully saturated rings. The van der Waals surface area contributed by atoms with Gasteiger partial charge in [0.05, 0.1) is 16.9 Å². The maximum atomic E-state index is 12.9. The molecule has 4 aromatic rings. The minimum absolute atomic E-state index is 0.0656. The van der Waals surface area contributed by atoms with Crippen LogP contribution in [0.3, 0.4) is 0 Å². The van der Waals surface area contributed by atoms with Crippen LogP contribution in [0.25, 0.3) is 23.0 Å². The van der Waals surface area contributed by atoms with Crippen molar-refractivity contribution in [3.8, 4) is 16.9 Å². The average molecular weight is 540 g/mol. The highest BCUT2D eigenvalue weighted by molar-refractivity contribution is 6.30. The standard InChI is InChI=1S/C28H21ClF3N3O3/c1-18(27(37)33-23-7-5-6-21(16-23)28(30,31)32)38-25(36)15-12-20-17-35(24-8-3-2-4-9-24)34-26(20)19-10-13-22(29)14-11-19/h2-18H,1H3,(H,33,37). The molecule has 0 bridgehead atoms. The summed E-state index contributed by atoms with van der Waals surface area (Å²) in [6, 6.07) is 20.6. The van der Waals surface area contributed by atoms with Crippen LogP contribution in [-0.4, -0.2) is 27.8 Å². The van der Waals surface area contributed by atoms with E-state index < -0.39 is 29.7 Å². The van der Waals surface area contributed by atoms with Gasteiger partial charge in [0.2, 0.25) is 0 Å². The lowest BCUT2D eigenvalue weighted by Crippen LogP contribution is -2.29. The van der Waals surface area contributed by atoms with Gasteiger partial charge in [-0.25, -0.2) is 9.48 Å². The molecule has 0 aliphatic rings. The Morgan fingerprint density at radius 3 is 2.42 bits per heavy atom. The smallest absolute Gasteiger partial charge is 0.416 e. The molecule has 0 radical (unpaired) electrons. The number of nitrogens with zero attached hydrogens (tertiary/aromatic N) is 2. The van der Waals surface area contributed by atoms with Crippen LogP contribution in [-0.2, 0) is 20.5 Å². The minimum Gasteiger partial charge on any atom is -0.449 e. The van der Waals surface area contributed by atoms with Crippen LogP contribution in [0, 0.1) is 0 Å². The molecule has 6 nitrogen and oxygen atoms in total. The van der Waals surface area contributed by atoms with Crippen LogP contribution in [0.2, 0.25) is 5.02 Å². The fourth-order valence-corrected chi connectivity index (χ4v) is 3.62. The molecule has 1 amide bonds. The molecule has 3 aromatic carbocycles. The predicted octanol–water partition coefficient (Wildman–Crippen LogP) is 6.80. The normalized spacial score (nSPS) is 12.3. The summed E-state index contributed by atoms with van der Waals surface area (Å²) in [5.74, 6) is -1.59. The molecule has 1 atom stereocenters. The molecule has 0 spiro atoms. The Morgan fingerprint density at radius 1 is 1.03 bits per heavy atom. The van der Waals surface area contributed by atoms with Crippen molar-refractivity contribution >= 4 is 35.2 Å². The monoisotopic (exact) mass is 539 g/mol. The maximum Gasteiger partial charge on any atom is 0.416 e. The third-order valence-electron chi connectivity index (χ3n) is 5.40. The summed E-state index contributed by atoms with van der Waals surface area (Å²) in [5, 5.41) is 7.53. The summed E-state index contributed by atoms with van der Waals surface area (Å²) >= 11 is 6.01. The number of hydrogen-bond donors (Lipinski definition) is 1. The van der Waals surface area contributed by atoms with E-state index in [9.17, 15) is 22.8 Å². The lowest BCUT2D eigenvalue weighted by atomic mass is 10.1. The molecule has 0 saturated carbocycles. The van der Waals surface area contributed by atoms with Gasteiger partial charge >= 0.3 is 12.1 Å². The molecular weight excluding hydrogens is 519 g/mol. The van der Waals surface area contributed by atoms with Gasteiger partial charge in [-0.15, -0.1) is 0 Å². The minimum atomic E-state index is -4.55. The molecule has 1 aromatic heterocycles. The number of nitrogens with one attached hydrogen (secondary N) is 1. The molecule has 0 saturated heterocycles. The summed E-state index contributed by atoms with van der Waals surface area (Å²) in [6.07, 6.45) is -1.41. The van der Waals surface area contributed by atoms with E-state index in [1.165, 1.54) is 25.1 Å². The van der Waals surface area contributed by atoms with E-state index in [-0.39, 0.29) is 5.69 Å². The Hall–Kier alpha value is -4.37. The first-order valence-electron chi connectivity index (χ1n) is 11.4. The van der Waals surface area contributed by atoms with Gasteiger partial charge < -0.3 is 10.1 Å². The fraction of sp³-hybridized carbons (Fsp3) is 0.107. The first-order valence-corrected chi connectivity index (χ1v) is 11.8. The van der Waals surface area contributed by atoms with Crippen LogP contribution in [0.15, 0.2) is 91.1 Å². The van der Waals surface area contributed by atoms with Crippen molar-refractivity contribution in [2.45, 2.75) is 19.2 Å². The highest BCUT2D eigenvalue weighted by atomic mass is 35.5. The van der Waals surface area contributed by atoms with Gasteiger partial charge in [-0.2, -0.15) is 18.3 Å². The summed E-state index contributed by atoms with van der Waals surface area (Å²) in [5.41, 5.74) is 1.80. The Kier molecular flexibility index (Phi) is 7.97. The summed E-state index contributed by atoms with van der Waals surface area (Å²) < 4.78 is 45.6. The van der Waals surface area contributed by atoms with E-state index in [1.807, 2.05) is 30.3 Å². The van der Waals surface area contributed by atoms with Gasteiger partial charge in [0.25, 0.3) is 5.91 Å². The van der Waals surface area contributed by atoms with Gasteiger partial charge in [-0.1, -0.05) is 48.0 Å². The van der Waals surface area contributed by atoms with Crippen molar-refractivity contribution < 1.29 is 27.5 Å². The molecule has 1 heterocycles. The van der Waals surface area contributed by atoms with Crippen LogP contribution in [0.1, 0.15) is 18.1 Å². The summed E-state index contributed by atoms with van der Waals surface area (Å²) in [4.78, 5) is 24.8. The van der Waals surface area contributed by atoms with Crippen molar-refractivity contribution in [1.29, 1.82) is 0 Å². The number of carbonyl (C=O) groups excluding carboxylic acids is 2. The van der Waals surface area contributed by atoms with Crippen molar-refractivity contribution in [1.82, 2.24) is 9.78 Å². The second kappa shape index (κ2) is 11.4. The van der Waals surface area contributed by atoms with Gasteiger partial charge in [-0.3, -0.25) is 4.79 Å². The van der Waals surface area contributed by atoms with E-state index in [0.29, 0.717) is 16.3 Å². The van der Waals surface area contributed by atoms with E-state index >= 15 is 0 Å². The number of amides is 1. The van der Waals surface area contributed by atoms with E-state index in [0.717, 1.165) is 29.5 Å². The number of hydrogen-bond acceptors (Lipinski definition) is 4. The quantitative estimate of drug-likeness (QED) is 0.207. The molecule has 194 valence electrons. The third-order valence-corrected chi connectivity index (χ3v) is 5.65. The SMILES string of the molecule is CC(OC(=O)C=Cc1cn(-c2ccccc2)nc1-c1ccc(Cl)cc1)C(=O)Nc1cccc(C(F)(F)F)c1. The highest BCUT2D eigenvalue weighted by Crippen LogP contribution is 2.31. The van der Waals surface area contributed by atoms with E-state index in [2.05, 4.69) is 10.4 Å². The number of aromatic nitrogens is 2. The largest absolute Gasteiger partial charge is 0.449 e. The molecule has 0 aliphatic carbocycles. The van der Waals surface area contributed by atoms with Crippen molar-refractivity contribution in [2.24, 2.45) is 0 Å². The lowest BCUT2D eigenvalue weighted by Gasteiger charge is -2.13. The molecule has 4 rings (SSSR count). The number of rotatable bonds is 7. The number of anilines is 1. The third kappa shape index (κ3) is 6.68. The number of carbonyl (C=O) groups is 2. The van der Waals surface area contributed by atoms with Crippen LogP contribution < -0.4 is 5.32 Å². The predicted molar refractivity (Wildman–Crippen MR) is 139 cm³/mol. The van der Waals surface area contributed by atoms with Crippen molar-refractivity contribution in [2.75, 3.05) is 5.32 Å².